The Labute approximate surface area is 154 Å². The molecule has 1 N–H and O–H groups in total. The summed E-state index contributed by atoms with van der Waals surface area (Å²) in [4.78, 5) is 34.7. The predicted octanol–water partition coefficient (Wildman–Crippen LogP) is 2.48. The van der Waals surface area contributed by atoms with Gasteiger partial charge in [0.1, 0.15) is 5.76 Å². The lowest BCUT2D eigenvalue weighted by Crippen LogP contribution is -2.37. The lowest BCUT2D eigenvalue weighted by molar-refractivity contribution is -0.385. The van der Waals surface area contributed by atoms with E-state index < -0.39 is 29.5 Å². The Balaban J connectivity index is 1.97. The molecule has 144 valence electrons. The fraction of sp³-hybridized carbons (Fsp3) is 0.353. The Morgan fingerprint density at radius 3 is 2.63 bits per heavy atom. The van der Waals surface area contributed by atoms with E-state index in [0.717, 1.165) is 0 Å². The number of nitro groups is 1. The van der Waals surface area contributed by atoms with Gasteiger partial charge in [0.05, 0.1) is 4.92 Å². The van der Waals surface area contributed by atoms with Gasteiger partial charge in [0, 0.05) is 12.1 Å². The summed E-state index contributed by atoms with van der Waals surface area (Å²) in [6.45, 7) is 4.50. The molecule has 1 unspecified atom stereocenters. The van der Waals surface area contributed by atoms with Crippen molar-refractivity contribution in [3.63, 3.8) is 0 Å². The summed E-state index contributed by atoms with van der Waals surface area (Å²) in [5.41, 5.74) is -0.273. The van der Waals surface area contributed by atoms with E-state index in [0.29, 0.717) is 5.76 Å². The third-order valence-electron chi connectivity index (χ3n) is 3.41. The highest BCUT2D eigenvalue weighted by Crippen LogP contribution is 2.25. The SMILES string of the molecule is Cc1cc(NC(=O)C(OC(=O)COc2ccccc2[N+](=O)[O-])C(C)C)no1. The third kappa shape index (κ3) is 5.53. The maximum atomic E-state index is 12.3. The summed E-state index contributed by atoms with van der Waals surface area (Å²) in [5, 5.41) is 17.1. The van der Waals surface area contributed by atoms with Crippen molar-refractivity contribution >= 4 is 23.4 Å². The van der Waals surface area contributed by atoms with Crippen LogP contribution < -0.4 is 10.1 Å². The molecule has 10 nitrogen and oxygen atoms in total. The molecule has 0 saturated heterocycles. The highest BCUT2D eigenvalue weighted by Gasteiger charge is 2.28. The number of carbonyl (C=O) groups excluding carboxylic acids is 2. The molecule has 1 aromatic heterocycles. The van der Waals surface area contributed by atoms with Crippen molar-refractivity contribution in [2.24, 2.45) is 5.92 Å². The van der Waals surface area contributed by atoms with Crippen LogP contribution in [0.25, 0.3) is 0 Å². The fourth-order valence-electron chi connectivity index (χ4n) is 2.16. The molecule has 1 aromatic carbocycles. The second-order valence-electron chi connectivity index (χ2n) is 5.98. The first-order chi connectivity index (χ1) is 12.8. The molecule has 10 heteroatoms. The van der Waals surface area contributed by atoms with Gasteiger partial charge in [-0.2, -0.15) is 0 Å². The van der Waals surface area contributed by atoms with Gasteiger partial charge in [-0.25, -0.2) is 4.79 Å². The number of nitrogens with one attached hydrogen (secondary N) is 1. The van der Waals surface area contributed by atoms with Crippen molar-refractivity contribution in [1.82, 2.24) is 5.16 Å². The van der Waals surface area contributed by atoms with Gasteiger partial charge in [-0.05, 0) is 18.9 Å². The molecule has 0 aliphatic heterocycles. The van der Waals surface area contributed by atoms with E-state index in [9.17, 15) is 19.7 Å². The summed E-state index contributed by atoms with van der Waals surface area (Å²) >= 11 is 0. The van der Waals surface area contributed by atoms with Crippen LogP contribution in [0.5, 0.6) is 5.75 Å². The Morgan fingerprint density at radius 2 is 2.04 bits per heavy atom. The minimum atomic E-state index is -1.09. The van der Waals surface area contributed by atoms with Crippen molar-refractivity contribution in [3.05, 3.63) is 46.2 Å². The normalized spacial score (nSPS) is 11.7. The van der Waals surface area contributed by atoms with Crippen LogP contribution in [0, 0.1) is 23.0 Å². The molecule has 2 rings (SSSR count). The fourth-order valence-corrected chi connectivity index (χ4v) is 2.16. The highest BCUT2D eigenvalue weighted by molar-refractivity contribution is 5.94. The van der Waals surface area contributed by atoms with Crippen LogP contribution >= 0.6 is 0 Å². The Hall–Kier alpha value is -3.43. The zero-order valence-electron chi connectivity index (χ0n) is 15.0. The Kier molecular flexibility index (Phi) is 6.47. The van der Waals surface area contributed by atoms with Gasteiger partial charge in [-0.1, -0.05) is 31.1 Å². The van der Waals surface area contributed by atoms with Crippen LogP contribution in [0.4, 0.5) is 11.5 Å². The number of hydrogen-bond acceptors (Lipinski definition) is 8. The van der Waals surface area contributed by atoms with Gasteiger partial charge >= 0.3 is 11.7 Å². The Bertz CT molecular complexity index is 831. The predicted molar refractivity (Wildman–Crippen MR) is 93.2 cm³/mol. The van der Waals surface area contributed by atoms with E-state index in [-0.39, 0.29) is 23.2 Å². The molecule has 27 heavy (non-hydrogen) atoms. The molecule has 0 bridgehead atoms. The second-order valence-corrected chi connectivity index (χ2v) is 5.98. The molecule has 2 aromatic rings. The second kappa shape index (κ2) is 8.79. The first-order valence-corrected chi connectivity index (χ1v) is 8.07. The van der Waals surface area contributed by atoms with Crippen molar-refractivity contribution in [2.75, 3.05) is 11.9 Å². The number of nitro benzene ring substituents is 1. The maximum absolute atomic E-state index is 12.3. The number of anilines is 1. The minimum absolute atomic E-state index is 0.0666. The lowest BCUT2D eigenvalue weighted by Gasteiger charge is -2.20. The quantitative estimate of drug-likeness (QED) is 0.421. The zero-order valence-corrected chi connectivity index (χ0v) is 15.0. The average molecular weight is 377 g/mol. The molecule has 0 aliphatic rings. The standard InChI is InChI=1S/C17H19N3O7/c1-10(2)16(17(22)18-14-8-11(3)27-19-14)26-15(21)9-25-13-7-5-4-6-12(13)20(23)24/h4-8,10,16H,9H2,1-3H3,(H,18,19,22). The number of carbonyl (C=O) groups is 2. The van der Waals surface area contributed by atoms with Crippen LogP contribution in [0.3, 0.4) is 0 Å². The van der Waals surface area contributed by atoms with E-state index in [1.165, 1.54) is 30.3 Å². The Morgan fingerprint density at radius 1 is 1.33 bits per heavy atom. The number of aromatic nitrogens is 1. The number of para-hydroxylation sites is 2. The first-order valence-electron chi connectivity index (χ1n) is 8.07. The number of ether oxygens (including phenoxy) is 2. The minimum Gasteiger partial charge on any atom is -0.475 e. The number of esters is 1. The summed E-state index contributed by atoms with van der Waals surface area (Å²) < 4.78 is 15.2. The number of rotatable bonds is 8. The summed E-state index contributed by atoms with van der Waals surface area (Å²) in [7, 11) is 0. The van der Waals surface area contributed by atoms with Gasteiger partial charge in [-0.15, -0.1) is 0 Å². The largest absolute Gasteiger partial charge is 0.475 e. The van der Waals surface area contributed by atoms with Gasteiger partial charge in [-0.3, -0.25) is 14.9 Å². The summed E-state index contributed by atoms with van der Waals surface area (Å²) in [6.07, 6.45) is -1.09. The molecule has 0 radical (unpaired) electrons. The van der Waals surface area contributed by atoms with Crippen molar-refractivity contribution in [2.45, 2.75) is 26.9 Å². The van der Waals surface area contributed by atoms with E-state index >= 15 is 0 Å². The van der Waals surface area contributed by atoms with Gasteiger partial charge in [0.2, 0.25) is 0 Å². The van der Waals surface area contributed by atoms with E-state index in [1.54, 1.807) is 20.8 Å². The number of hydrogen-bond donors (Lipinski definition) is 1. The molecule has 1 heterocycles. The molecular weight excluding hydrogens is 358 g/mol. The van der Waals surface area contributed by atoms with E-state index in [4.69, 9.17) is 14.0 Å². The number of aryl methyl sites for hydroxylation is 1. The molecular formula is C17H19N3O7. The van der Waals surface area contributed by atoms with Crippen LogP contribution in [0.1, 0.15) is 19.6 Å². The van der Waals surface area contributed by atoms with E-state index in [2.05, 4.69) is 10.5 Å². The molecule has 1 amide bonds. The highest BCUT2D eigenvalue weighted by atomic mass is 16.6. The zero-order chi connectivity index (χ0) is 20.0. The first kappa shape index (κ1) is 19.9. The van der Waals surface area contributed by atoms with Gasteiger partial charge < -0.3 is 19.3 Å². The molecule has 0 fully saturated rings. The van der Waals surface area contributed by atoms with Crippen LogP contribution in [0.15, 0.2) is 34.9 Å². The van der Waals surface area contributed by atoms with Gasteiger partial charge in [0.15, 0.2) is 24.3 Å². The number of nitrogens with zero attached hydrogens (tertiary/aromatic N) is 2. The van der Waals surface area contributed by atoms with Crippen molar-refractivity contribution in [1.29, 1.82) is 0 Å². The van der Waals surface area contributed by atoms with Crippen LogP contribution in [-0.2, 0) is 14.3 Å². The smallest absolute Gasteiger partial charge is 0.344 e. The summed E-state index contributed by atoms with van der Waals surface area (Å²) in [6, 6.07) is 7.16. The van der Waals surface area contributed by atoms with Crippen molar-refractivity contribution < 1.29 is 28.5 Å². The summed E-state index contributed by atoms with van der Waals surface area (Å²) in [5.74, 6) is -1.08. The van der Waals surface area contributed by atoms with E-state index in [1.807, 2.05) is 0 Å². The number of benzene rings is 1. The molecule has 1 atom stereocenters. The maximum Gasteiger partial charge on any atom is 0.344 e. The molecule has 0 aliphatic carbocycles. The van der Waals surface area contributed by atoms with Crippen molar-refractivity contribution in [3.8, 4) is 5.75 Å². The monoisotopic (exact) mass is 377 g/mol. The molecule has 0 spiro atoms. The average Bonchev–Trinajstić information content (AvgIpc) is 3.02. The third-order valence-corrected chi connectivity index (χ3v) is 3.41. The number of amides is 1. The van der Waals surface area contributed by atoms with Crippen LogP contribution in [0.2, 0.25) is 0 Å². The van der Waals surface area contributed by atoms with Crippen LogP contribution in [-0.4, -0.2) is 34.7 Å². The topological polar surface area (TPSA) is 134 Å². The van der Waals surface area contributed by atoms with Gasteiger partial charge in [0.25, 0.3) is 5.91 Å². The lowest BCUT2D eigenvalue weighted by atomic mass is 10.1. The molecule has 0 saturated carbocycles.